The maximum atomic E-state index is 4.18. The minimum Gasteiger partial charge on any atom is -0.360 e. The van der Waals surface area contributed by atoms with Crippen LogP contribution in [0.15, 0.2) is 4.34 Å². The normalized spacial score (nSPS) is 11.0. The van der Waals surface area contributed by atoms with Gasteiger partial charge in [-0.1, -0.05) is 49.8 Å². The van der Waals surface area contributed by atoms with Crippen molar-refractivity contribution in [3.05, 3.63) is 5.82 Å². The van der Waals surface area contributed by atoms with Gasteiger partial charge in [0.15, 0.2) is 10.2 Å². The van der Waals surface area contributed by atoms with E-state index in [4.69, 9.17) is 0 Å². The first-order valence-corrected chi connectivity index (χ1v) is 9.09. The van der Waals surface area contributed by atoms with Crippen LogP contribution in [0.3, 0.4) is 0 Å². The molecule has 7 nitrogen and oxygen atoms in total. The van der Waals surface area contributed by atoms with Crippen LogP contribution in [-0.4, -0.2) is 36.9 Å². The van der Waals surface area contributed by atoms with Gasteiger partial charge in [-0.05, 0) is 23.3 Å². The molecule has 9 heteroatoms. The smallest absolute Gasteiger partial charge is 0.206 e. The van der Waals surface area contributed by atoms with E-state index in [1.165, 1.54) is 6.42 Å². The van der Waals surface area contributed by atoms with E-state index in [1.54, 1.807) is 23.1 Å². The van der Waals surface area contributed by atoms with Crippen LogP contribution < -0.4 is 5.32 Å². The molecular formula is C12H21N7S2. The third-order valence-electron chi connectivity index (χ3n) is 2.87. The van der Waals surface area contributed by atoms with Crippen molar-refractivity contribution in [2.45, 2.75) is 56.2 Å². The van der Waals surface area contributed by atoms with Gasteiger partial charge in [-0.3, -0.25) is 0 Å². The number of aryl methyl sites for hydroxylation is 1. The molecule has 0 spiro atoms. The molecule has 2 aromatic heterocycles. The lowest BCUT2D eigenvalue weighted by molar-refractivity contribution is 0.540. The Balaban J connectivity index is 1.81. The van der Waals surface area contributed by atoms with Crippen molar-refractivity contribution in [3.8, 4) is 0 Å². The molecule has 0 unspecified atom stereocenters. The highest BCUT2D eigenvalue weighted by molar-refractivity contribution is 8.00. The predicted molar refractivity (Wildman–Crippen MR) is 85.6 cm³/mol. The van der Waals surface area contributed by atoms with Crippen molar-refractivity contribution in [3.63, 3.8) is 0 Å². The van der Waals surface area contributed by atoms with Crippen LogP contribution in [0.1, 0.15) is 45.4 Å². The van der Waals surface area contributed by atoms with Crippen LogP contribution in [0.25, 0.3) is 0 Å². The average molecular weight is 327 g/mol. The summed E-state index contributed by atoms with van der Waals surface area (Å²) < 4.78 is 2.82. The fraction of sp³-hybridized carbons (Fsp3) is 0.750. The molecule has 0 aromatic carbocycles. The summed E-state index contributed by atoms with van der Waals surface area (Å²) in [7, 11) is 0. The maximum Gasteiger partial charge on any atom is 0.206 e. The van der Waals surface area contributed by atoms with E-state index in [-0.39, 0.29) is 0 Å². The van der Waals surface area contributed by atoms with Gasteiger partial charge in [0.2, 0.25) is 5.13 Å². The van der Waals surface area contributed by atoms with Gasteiger partial charge in [0, 0.05) is 13.1 Å². The zero-order valence-corrected chi connectivity index (χ0v) is 14.1. The van der Waals surface area contributed by atoms with Gasteiger partial charge in [0.05, 0.1) is 5.75 Å². The highest BCUT2D eigenvalue weighted by Crippen LogP contribution is 2.27. The van der Waals surface area contributed by atoms with Gasteiger partial charge in [-0.15, -0.1) is 15.3 Å². The summed E-state index contributed by atoms with van der Waals surface area (Å²) in [6.45, 7) is 6.16. The number of nitrogens with zero attached hydrogens (tertiary/aromatic N) is 6. The van der Waals surface area contributed by atoms with Gasteiger partial charge in [-0.2, -0.15) is 0 Å². The first-order valence-electron chi connectivity index (χ1n) is 7.28. The first kappa shape index (κ1) is 16.2. The molecule has 2 aromatic rings. The number of nitrogens with one attached hydrogen (secondary N) is 1. The summed E-state index contributed by atoms with van der Waals surface area (Å²) in [6.07, 6.45) is 4.55. The van der Waals surface area contributed by atoms with Crippen LogP contribution in [0, 0.1) is 0 Å². The molecule has 2 heterocycles. The van der Waals surface area contributed by atoms with Gasteiger partial charge in [0.25, 0.3) is 0 Å². The summed E-state index contributed by atoms with van der Waals surface area (Å²) in [6, 6.07) is 0. The Morgan fingerprint density at radius 3 is 2.81 bits per heavy atom. The zero-order chi connectivity index (χ0) is 14.9. The molecule has 0 saturated heterocycles. The zero-order valence-electron chi connectivity index (χ0n) is 12.4. The molecule has 1 N–H and O–H groups in total. The van der Waals surface area contributed by atoms with Gasteiger partial charge >= 0.3 is 0 Å². The number of aromatic nitrogens is 6. The SMILES string of the molecule is CCCCNc1nnc(SCc2nnnn2CCCC)s1. The van der Waals surface area contributed by atoms with E-state index in [0.29, 0.717) is 0 Å². The van der Waals surface area contributed by atoms with Crippen molar-refractivity contribution in [1.82, 2.24) is 30.4 Å². The van der Waals surface area contributed by atoms with Crippen LogP contribution in [-0.2, 0) is 12.3 Å². The minimum atomic E-state index is 0.723. The number of tetrazole rings is 1. The monoisotopic (exact) mass is 327 g/mol. The van der Waals surface area contributed by atoms with Crippen molar-refractivity contribution in [2.75, 3.05) is 11.9 Å². The Labute approximate surface area is 132 Å². The molecule has 0 atom stereocenters. The maximum absolute atomic E-state index is 4.18. The lowest BCUT2D eigenvalue weighted by Crippen LogP contribution is -2.04. The number of hydrogen-bond donors (Lipinski definition) is 1. The van der Waals surface area contributed by atoms with Crippen molar-refractivity contribution in [1.29, 1.82) is 0 Å². The molecule has 2 rings (SSSR count). The second-order valence-corrected chi connectivity index (χ2v) is 6.81. The number of anilines is 1. The van der Waals surface area contributed by atoms with Crippen molar-refractivity contribution in [2.24, 2.45) is 0 Å². The Kier molecular flexibility index (Phi) is 6.87. The van der Waals surface area contributed by atoms with E-state index < -0.39 is 0 Å². The van der Waals surface area contributed by atoms with Gasteiger partial charge in [-0.25, -0.2) is 4.68 Å². The molecule has 21 heavy (non-hydrogen) atoms. The Morgan fingerprint density at radius 1 is 1.14 bits per heavy atom. The lowest BCUT2D eigenvalue weighted by atomic mass is 10.3. The summed E-state index contributed by atoms with van der Waals surface area (Å²) in [4.78, 5) is 0. The fourth-order valence-corrected chi connectivity index (χ4v) is 3.36. The Hall–Kier alpha value is -1.22. The predicted octanol–water partition coefficient (Wildman–Crippen LogP) is 2.83. The topological polar surface area (TPSA) is 81.4 Å². The number of hydrogen-bond acceptors (Lipinski definition) is 8. The van der Waals surface area contributed by atoms with Gasteiger partial charge in [0.1, 0.15) is 0 Å². The van der Waals surface area contributed by atoms with Crippen molar-refractivity contribution >= 4 is 28.2 Å². The minimum absolute atomic E-state index is 0.723. The van der Waals surface area contributed by atoms with E-state index in [9.17, 15) is 0 Å². The van der Waals surface area contributed by atoms with E-state index in [0.717, 1.165) is 53.4 Å². The van der Waals surface area contributed by atoms with Crippen LogP contribution >= 0.6 is 23.1 Å². The van der Waals surface area contributed by atoms with Gasteiger partial charge < -0.3 is 5.32 Å². The first-order chi connectivity index (χ1) is 10.3. The van der Waals surface area contributed by atoms with E-state index >= 15 is 0 Å². The molecule has 0 saturated carbocycles. The molecule has 116 valence electrons. The second kappa shape index (κ2) is 8.93. The molecule has 0 fully saturated rings. The second-order valence-electron chi connectivity index (χ2n) is 4.61. The summed E-state index contributed by atoms with van der Waals surface area (Å²) in [5, 5.41) is 24.3. The highest BCUT2D eigenvalue weighted by Gasteiger charge is 2.09. The highest BCUT2D eigenvalue weighted by atomic mass is 32.2. The third-order valence-corrected chi connectivity index (χ3v) is 4.88. The van der Waals surface area contributed by atoms with E-state index in [2.05, 4.69) is 44.9 Å². The Bertz CT molecular complexity index is 525. The molecule has 0 aliphatic rings. The van der Waals surface area contributed by atoms with Crippen LogP contribution in [0.5, 0.6) is 0 Å². The van der Waals surface area contributed by atoms with Crippen LogP contribution in [0.2, 0.25) is 0 Å². The summed E-state index contributed by atoms with van der Waals surface area (Å²) >= 11 is 3.21. The Morgan fingerprint density at radius 2 is 2.00 bits per heavy atom. The molecule has 0 radical (unpaired) electrons. The summed E-state index contributed by atoms with van der Waals surface area (Å²) in [5.74, 6) is 1.62. The molecular weight excluding hydrogens is 306 g/mol. The number of unbranched alkanes of at least 4 members (excludes halogenated alkanes) is 2. The molecule has 0 aliphatic heterocycles. The van der Waals surface area contributed by atoms with Crippen LogP contribution in [0.4, 0.5) is 5.13 Å². The molecule has 0 aliphatic carbocycles. The number of rotatable bonds is 10. The molecule has 0 amide bonds. The van der Waals surface area contributed by atoms with Crippen molar-refractivity contribution < 1.29 is 0 Å². The quantitative estimate of drug-likeness (QED) is 0.531. The fourth-order valence-electron chi connectivity index (χ4n) is 1.65. The standard InChI is InChI=1S/C12H21N7S2/c1-3-5-7-13-11-15-16-12(21-11)20-9-10-14-17-18-19(10)8-6-4-2/h3-9H2,1-2H3,(H,13,15). The number of thioether (sulfide) groups is 1. The third kappa shape index (κ3) is 5.24. The summed E-state index contributed by atoms with van der Waals surface area (Å²) in [5.41, 5.74) is 0. The largest absolute Gasteiger partial charge is 0.360 e. The van der Waals surface area contributed by atoms with E-state index in [1.807, 2.05) is 4.68 Å². The average Bonchev–Trinajstić information content (AvgIpc) is 3.12. The molecule has 0 bridgehead atoms. The lowest BCUT2D eigenvalue weighted by Gasteiger charge is -2.01.